The lowest BCUT2D eigenvalue weighted by Crippen LogP contribution is -2.37. The standard InChI is InChI=1S/C10H19NOS/c1-2-7-13-8-5-11-10-4-3-6-12-9-10/h2,10-11H,1,3-9H2. The average molecular weight is 201 g/mol. The SMILES string of the molecule is C=CCSCCNC1CCCOC1. The van der Waals surface area contributed by atoms with Crippen molar-refractivity contribution in [2.75, 3.05) is 31.3 Å². The Morgan fingerprint density at radius 3 is 3.23 bits per heavy atom. The summed E-state index contributed by atoms with van der Waals surface area (Å²) < 4.78 is 5.37. The zero-order valence-electron chi connectivity index (χ0n) is 8.13. The van der Waals surface area contributed by atoms with Crippen molar-refractivity contribution in [2.45, 2.75) is 18.9 Å². The number of nitrogens with one attached hydrogen (secondary N) is 1. The minimum atomic E-state index is 0.595. The maximum atomic E-state index is 5.37. The van der Waals surface area contributed by atoms with Gasteiger partial charge in [-0.25, -0.2) is 0 Å². The summed E-state index contributed by atoms with van der Waals surface area (Å²) in [7, 11) is 0. The fourth-order valence-corrected chi connectivity index (χ4v) is 2.00. The second-order valence-electron chi connectivity index (χ2n) is 3.23. The van der Waals surface area contributed by atoms with Crippen molar-refractivity contribution in [3.05, 3.63) is 12.7 Å². The van der Waals surface area contributed by atoms with Gasteiger partial charge in [-0.15, -0.1) is 6.58 Å². The molecule has 0 aliphatic carbocycles. The summed E-state index contributed by atoms with van der Waals surface area (Å²) in [5.74, 6) is 2.23. The molecule has 1 saturated heterocycles. The maximum Gasteiger partial charge on any atom is 0.0619 e. The molecular weight excluding hydrogens is 182 g/mol. The summed E-state index contributed by atoms with van der Waals surface area (Å²) in [6.07, 6.45) is 4.43. The van der Waals surface area contributed by atoms with Crippen LogP contribution in [0, 0.1) is 0 Å². The lowest BCUT2D eigenvalue weighted by molar-refractivity contribution is 0.0712. The Morgan fingerprint density at radius 1 is 1.62 bits per heavy atom. The van der Waals surface area contributed by atoms with E-state index in [0.717, 1.165) is 25.5 Å². The zero-order valence-corrected chi connectivity index (χ0v) is 8.94. The van der Waals surface area contributed by atoms with E-state index >= 15 is 0 Å². The molecule has 1 atom stereocenters. The first kappa shape index (κ1) is 11.1. The summed E-state index contributed by atoms with van der Waals surface area (Å²) in [6.45, 7) is 6.62. The van der Waals surface area contributed by atoms with Crippen LogP contribution in [0.2, 0.25) is 0 Å². The van der Waals surface area contributed by atoms with Crippen LogP contribution in [0.1, 0.15) is 12.8 Å². The molecule has 1 rings (SSSR count). The van der Waals surface area contributed by atoms with Crippen LogP contribution in [-0.4, -0.2) is 37.3 Å². The van der Waals surface area contributed by atoms with Crippen LogP contribution >= 0.6 is 11.8 Å². The fourth-order valence-electron chi connectivity index (χ4n) is 1.40. The van der Waals surface area contributed by atoms with Gasteiger partial charge in [-0.05, 0) is 12.8 Å². The zero-order chi connectivity index (χ0) is 9.36. The van der Waals surface area contributed by atoms with Gasteiger partial charge in [0.25, 0.3) is 0 Å². The first-order valence-electron chi connectivity index (χ1n) is 4.93. The summed E-state index contributed by atoms with van der Waals surface area (Å²) in [4.78, 5) is 0. The summed E-state index contributed by atoms with van der Waals surface area (Å²) >= 11 is 1.92. The van der Waals surface area contributed by atoms with Gasteiger partial charge in [0.1, 0.15) is 0 Å². The highest BCUT2D eigenvalue weighted by Gasteiger charge is 2.11. The van der Waals surface area contributed by atoms with E-state index in [1.807, 2.05) is 17.8 Å². The second-order valence-corrected chi connectivity index (χ2v) is 4.38. The maximum absolute atomic E-state index is 5.37. The molecule has 1 fully saturated rings. The van der Waals surface area contributed by atoms with Crippen LogP contribution in [0.4, 0.5) is 0 Å². The molecule has 1 heterocycles. The van der Waals surface area contributed by atoms with E-state index in [4.69, 9.17) is 4.74 Å². The van der Waals surface area contributed by atoms with Gasteiger partial charge in [0.05, 0.1) is 6.61 Å². The first-order chi connectivity index (χ1) is 6.43. The van der Waals surface area contributed by atoms with Crippen molar-refractivity contribution < 1.29 is 4.74 Å². The Bertz CT molecular complexity index is 135. The van der Waals surface area contributed by atoms with E-state index in [2.05, 4.69) is 11.9 Å². The molecule has 2 nitrogen and oxygen atoms in total. The van der Waals surface area contributed by atoms with E-state index in [-0.39, 0.29) is 0 Å². The molecule has 1 unspecified atom stereocenters. The van der Waals surface area contributed by atoms with Gasteiger partial charge in [-0.3, -0.25) is 0 Å². The molecule has 76 valence electrons. The molecule has 3 heteroatoms. The molecular formula is C10H19NOS. The molecule has 0 amide bonds. The Morgan fingerprint density at radius 2 is 2.54 bits per heavy atom. The Labute approximate surface area is 85.1 Å². The van der Waals surface area contributed by atoms with Gasteiger partial charge in [-0.2, -0.15) is 11.8 Å². The first-order valence-corrected chi connectivity index (χ1v) is 6.08. The van der Waals surface area contributed by atoms with Crippen LogP contribution in [0.15, 0.2) is 12.7 Å². The molecule has 0 radical (unpaired) electrons. The molecule has 1 aliphatic heterocycles. The van der Waals surface area contributed by atoms with E-state index in [1.165, 1.54) is 18.6 Å². The van der Waals surface area contributed by atoms with E-state index < -0.39 is 0 Å². The normalized spacial score (nSPS) is 22.9. The molecule has 0 aromatic carbocycles. The quantitative estimate of drug-likeness (QED) is 0.522. The lowest BCUT2D eigenvalue weighted by atomic mass is 10.1. The van der Waals surface area contributed by atoms with E-state index in [1.54, 1.807) is 0 Å². The Hall–Kier alpha value is 0.01000. The third kappa shape index (κ3) is 5.34. The van der Waals surface area contributed by atoms with Gasteiger partial charge in [0, 0.05) is 30.7 Å². The topological polar surface area (TPSA) is 21.3 Å². The second kappa shape index (κ2) is 7.42. The number of hydrogen-bond acceptors (Lipinski definition) is 3. The Kier molecular flexibility index (Phi) is 6.33. The third-order valence-electron chi connectivity index (χ3n) is 2.08. The third-order valence-corrected chi connectivity index (χ3v) is 3.04. The highest BCUT2D eigenvalue weighted by atomic mass is 32.2. The lowest BCUT2D eigenvalue weighted by Gasteiger charge is -2.22. The van der Waals surface area contributed by atoms with Crippen LogP contribution in [0.25, 0.3) is 0 Å². The molecule has 13 heavy (non-hydrogen) atoms. The van der Waals surface area contributed by atoms with Crippen LogP contribution in [0.5, 0.6) is 0 Å². The molecule has 0 aromatic heterocycles. The average Bonchev–Trinajstić information content (AvgIpc) is 2.19. The molecule has 0 spiro atoms. The van der Waals surface area contributed by atoms with Crippen LogP contribution in [-0.2, 0) is 4.74 Å². The van der Waals surface area contributed by atoms with Gasteiger partial charge >= 0.3 is 0 Å². The van der Waals surface area contributed by atoms with Crippen molar-refractivity contribution in [2.24, 2.45) is 0 Å². The van der Waals surface area contributed by atoms with Gasteiger partial charge in [-0.1, -0.05) is 6.08 Å². The van der Waals surface area contributed by atoms with Gasteiger partial charge in [0.2, 0.25) is 0 Å². The van der Waals surface area contributed by atoms with Crippen molar-refractivity contribution >= 4 is 11.8 Å². The highest BCUT2D eigenvalue weighted by molar-refractivity contribution is 7.99. The summed E-state index contributed by atoms with van der Waals surface area (Å²) in [5.41, 5.74) is 0. The predicted molar refractivity (Wildman–Crippen MR) is 59.4 cm³/mol. The fraction of sp³-hybridized carbons (Fsp3) is 0.800. The van der Waals surface area contributed by atoms with E-state index in [9.17, 15) is 0 Å². The van der Waals surface area contributed by atoms with Crippen LogP contribution in [0.3, 0.4) is 0 Å². The summed E-state index contributed by atoms with van der Waals surface area (Å²) in [6, 6.07) is 0.595. The monoisotopic (exact) mass is 201 g/mol. The van der Waals surface area contributed by atoms with Gasteiger partial charge in [0.15, 0.2) is 0 Å². The van der Waals surface area contributed by atoms with Crippen molar-refractivity contribution in [3.63, 3.8) is 0 Å². The summed E-state index contributed by atoms with van der Waals surface area (Å²) in [5, 5.41) is 3.50. The van der Waals surface area contributed by atoms with Crippen molar-refractivity contribution in [3.8, 4) is 0 Å². The van der Waals surface area contributed by atoms with E-state index in [0.29, 0.717) is 6.04 Å². The highest BCUT2D eigenvalue weighted by Crippen LogP contribution is 2.06. The van der Waals surface area contributed by atoms with Crippen LogP contribution < -0.4 is 5.32 Å². The minimum absolute atomic E-state index is 0.595. The molecule has 0 bridgehead atoms. The smallest absolute Gasteiger partial charge is 0.0619 e. The molecule has 1 aliphatic rings. The minimum Gasteiger partial charge on any atom is -0.380 e. The largest absolute Gasteiger partial charge is 0.380 e. The molecule has 0 aromatic rings. The number of hydrogen-bond donors (Lipinski definition) is 1. The Balaban J connectivity index is 1.89. The van der Waals surface area contributed by atoms with Crippen molar-refractivity contribution in [1.29, 1.82) is 0 Å². The number of ether oxygens (including phenoxy) is 1. The number of rotatable bonds is 6. The predicted octanol–water partition coefficient (Wildman–Crippen LogP) is 1.67. The molecule has 0 saturated carbocycles. The van der Waals surface area contributed by atoms with Gasteiger partial charge < -0.3 is 10.1 Å². The molecule has 1 N–H and O–H groups in total. The number of thioether (sulfide) groups is 1. The van der Waals surface area contributed by atoms with Crippen molar-refractivity contribution in [1.82, 2.24) is 5.32 Å².